The van der Waals surface area contributed by atoms with Gasteiger partial charge in [0.15, 0.2) is 0 Å². The number of thiophene rings is 1. The van der Waals surface area contributed by atoms with Gasteiger partial charge in [0.25, 0.3) is 0 Å². The predicted molar refractivity (Wildman–Crippen MR) is 217 cm³/mol. The van der Waals surface area contributed by atoms with Crippen LogP contribution in [-0.4, -0.2) is 0 Å². The fourth-order valence-electron chi connectivity index (χ4n) is 7.71. The normalized spacial score (nSPS) is 11.6. The van der Waals surface area contributed by atoms with Crippen LogP contribution in [0.3, 0.4) is 0 Å². The predicted octanol–water partition coefficient (Wildman–Crippen LogP) is 14.3. The molecule has 2 heteroatoms. The lowest BCUT2D eigenvalue weighted by Crippen LogP contribution is -2.10. The van der Waals surface area contributed by atoms with Crippen LogP contribution in [0, 0.1) is 0 Å². The molecule has 234 valence electrons. The molecule has 0 bridgehead atoms. The Labute approximate surface area is 294 Å². The molecule has 0 fully saturated rings. The lowest BCUT2D eigenvalue weighted by molar-refractivity contribution is 1.30. The highest BCUT2D eigenvalue weighted by atomic mass is 32.1. The highest BCUT2D eigenvalue weighted by Gasteiger charge is 2.19. The summed E-state index contributed by atoms with van der Waals surface area (Å²) in [6, 6.07) is 68.7. The molecule has 0 spiro atoms. The summed E-state index contributed by atoms with van der Waals surface area (Å²) in [6.45, 7) is 0. The van der Waals surface area contributed by atoms with Gasteiger partial charge in [0.2, 0.25) is 0 Å². The Morgan fingerprint density at radius 3 is 1.70 bits per heavy atom. The number of anilines is 3. The zero-order chi connectivity index (χ0) is 33.0. The Bertz CT molecular complexity index is 2850. The SMILES string of the molecule is c1ccc(-c2ccc(N(c3ccc(-c4cc5ccc6ccccc6c5c5ccccc45)cc3)c3cccc4sc5ccccc5c34)cc2)cc1. The maximum Gasteiger partial charge on any atom is 0.0554 e. The molecule has 1 nitrogen and oxygen atoms in total. The Kier molecular flexibility index (Phi) is 6.75. The molecule has 0 N–H and O–H groups in total. The summed E-state index contributed by atoms with van der Waals surface area (Å²) >= 11 is 1.86. The quantitative estimate of drug-likeness (QED) is 0.167. The molecule has 10 rings (SSSR count). The van der Waals surface area contributed by atoms with Crippen LogP contribution in [0.2, 0.25) is 0 Å². The van der Waals surface area contributed by atoms with E-state index in [9.17, 15) is 0 Å². The molecule has 1 heterocycles. The van der Waals surface area contributed by atoms with Crippen molar-refractivity contribution in [3.63, 3.8) is 0 Å². The molecule has 0 saturated carbocycles. The van der Waals surface area contributed by atoms with E-state index in [1.54, 1.807) is 0 Å². The summed E-state index contributed by atoms with van der Waals surface area (Å²) in [5.41, 5.74) is 8.32. The molecule has 1 aromatic heterocycles. The van der Waals surface area contributed by atoms with Crippen molar-refractivity contribution in [3.8, 4) is 22.3 Å². The molecule has 0 aliphatic carbocycles. The molecule has 0 amide bonds. The van der Waals surface area contributed by atoms with Crippen molar-refractivity contribution in [2.45, 2.75) is 0 Å². The van der Waals surface area contributed by atoms with Crippen LogP contribution in [0.25, 0.3) is 74.7 Å². The van der Waals surface area contributed by atoms with E-state index < -0.39 is 0 Å². The lowest BCUT2D eigenvalue weighted by atomic mass is 9.90. The van der Waals surface area contributed by atoms with Crippen molar-refractivity contribution < 1.29 is 0 Å². The van der Waals surface area contributed by atoms with Gasteiger partial charge in [0.1, 0.15) is 0 Å². The van der Waals surface area contributed by atoms with Crippen LogP contribution in [0.5, 0.6) is 0 Å². The van der Waals surface area contributed by atoms with Crippen molar-refractivity contribution in [1.82, 2.24) is 0 Å². The first-order valence-corrected chi connectivity index (χ1v) is 17.9. The zero-order valence-corrected chi connectivity index (χ0v) is 28.1. The monoisotopic (exact) mass is 653 g/mol. The third-order valence-corrected chi connectivity index (χ3v) is 11.2. The minimum Gasteiger partial charge on any atom is -0.310 e. The lowest BCUT2D eigenvalue weighted by Gasteiger charge is -2.27. The first-order valence-electron chi connectivity index (χ1n) is 17.1. The van der Waals surface area contributed by atoms with Crippen molar-refractivity contribution in [3.05, 3.63) is 188 Å². The van der Waals surface area contributed by atoms with Crippen LogP contribution in [0.1, 0.15) is 0 Å². The van der Waals surface area contributed by atoms with Gasteiger partial charge >= 0.3 is 0 Å². The molecule has 0 atom stereocenters. The van der Waals surface area contributed by atoms with E-state index >= 15 is 0 Å². The third-order valence-electron chi connectivity index (χ3n) is 10.0. The average Bonchev–Trinajstić information content (AvgIpc) is 3.58. The second kappa shape index (κ2) is 11.7. The first-order chi connectivity index (χ1) is 24.8. The maximum absolute atomic E-state index is 2.42. The molecule has 10 aromatic rings. The van der Waals surface area contributed by atoms with Crippen LogP contribution in [0.15, 0.2) is 188 Å². The Balaban J connectivity index is 1.15. The first kappa shape index (κ1) is 28.8. The van der Waals surface area contributed by atoms with Gasteiger partial charge in [-0.25, -0.2) is 0 Å². The van der Waals surface area contributed by atoms with Gasteiger partial charge in [-0.15, -0.1) is 11.3 Å². The summed E-state index contributed by atoms with van der Waals surface area (Å²) in [5, 5.41) is 10.3. The minimum atomic E-state index is 1.13. The largest absolute Gasteiger partial charge is 0.310 e. The number of benzene rings is 9. The molecule has 0 saturated heterocycles. The van der Waals surface area contributed by atoms with Crippen molar-refractivity contribution in [2.24, 2.45) is 0 Å². The molecular weight excluding hydrogens is 623 g/mol. The number of nitrogens with zero attached hydrogens (tertiary/aromatic N) is 1. The van der Waals surface area contributed by atoms with Crippen LogP contribution < -0.4 is 4.90 Å². The molecule has 0 radical (unpaired) electrons. The van der Waals surface area contributed by atoms with Crippen molar-refractivity contribution in [1.29, 1.82) is 0 Å². The van der Waals surface area contributed by atoms with E-state index in [1.165, 1.54) is 80.4 Å². The summed E-state index contributed by atoms with van der Waals surface area (Å²) in [4.78, 5) is 2.42. The molecule has 0 unspecified atom stereocenters. The van der Waals surface area contributed by atoms with Gasteiger partial charge in [-0.2, -0.15) is 0 Å². The minimum absolute atomic E-state index is 1.13. The van der Waals surface area contributed by atoms with E-state index in [0.717, 1.165) is 11.4 Å². The smallest absolute Gasteiger partial charge is 0.0554 e. The maximum atomic E-state index is 2.42. The van der Waals surface area contributed by atoms with Gasteiger partial charge in [0, 0.05) is 31.5 Å². The van der Waals surface area contributed by atoms with Crippen molar-refractivity contribution in [2.75, 3.05) is 4.90 Å². The fourth-order valence-corrected chi connectivity index (χ4v) is 8.84. The fraction of sp³-hybridized carbons (Fsp3) is 0. The van der Waals surface area contributed by atoms with Crippen LogP contribution in [0.4, 0.5) is 17.1 Å². The summed E-state index contributed by atoms with van der Waals surface area (Å²) < 4.78 is 2.60. The Morgan fingerprint density at radius 1 is 0.340 bits per heavy atom. The average molecular weight is 654 g/mol. The van der Waals surface area contributed by atoms with Crippen LogP contribution in [-0.2, 0) is 0 Å². The molecular formula is C48H31NS. The molecule has 0 aliphatic heterocycles. The molecule has 9 aromatic carbocycles. The van der Waals surface area contributed by atoms with E-state index in [2.05, 4.69) is 193 Å². The van der Waals surface area contributed by atoms with Gasteiger partial charge in [0.05, 0.1) is 5.69 Å². The van der Waals surface area contributed by atoms with E-state index in [-0.39, 0.29) is 0 Å². The summed E-state index contributed by atoms with van der Waals surface area (Å²) in [5.74, 6) is 0. The van der Waals surface area contributed by atoms with E-state index in [4.69, 9.17) is 0 Å². The summed E-state index contributed by atoms with van der Waals surface area (Å²) in [7, 11) is 0. The van der Waals surface area contributed by atoms with E-state index in [0.29, 0.717) is 0 Å². The van der Waals surface area contributed by atoms with Gasteiger partial charge in [-0.05, 0) is 103 Å². The molecule has 50 heavy (non-hydrogen) atoms. The third kappa shape index (κ3) is 4.69. The number of hydrogen-bond acceptors (Lipinski definition) is 2. The number of rotatable bonds is 5. The highest BCUT2D eigenvalue weighted by molar-refractivity contribution is 7.26. The number of hydrogen-bond donors (Lipinski definition) is 0. The summed E-state index contributed by atoms with van der Waals surface area (Å²) in [6.07, 6.45) is 0. The van der Waals surface area contributed by atoms with E-state index in [1.807, 2.05) is 11.3 Å². The van der Waals surface area contributed by atoms with Crippen molar-refractivity contribution >= 4 is 80.9 Å². The standard InChI is InChI=1S/C48H31NS/c1-2-11-32(12-3-1)33-23-27-37(28-24-33)49(44-18-10-20-46-48(44)42-17-8-9-19-45(42)50-46)38-29-25-35(26-30-38)43-31-36-22-21-34-13-4-5-14-39(34)47(36)41-16-7-6-15-40(41)43/h1-31H. The second-order valence-electron chi connectivity index (χ2n) is 12.9. The zero-order valence-electron chi connectivity index (χ0n) is 27.3. The Hall–Kier alpha value is -6.22. The Morgan fingerprint density at radius 2 is 0.920 bits per heavy atom. The van der Waals surface area contributed by atoms with Gasteiger partial charge in [-0.1, -0.05) is 140 Å². The second-order valence-corrected chi connectivity index (χ2v) is 14.0. The van der Waals surface area contributed by atoms with Gasteiger partial charge in [-0.3, -0.25) is 0 Å². The van der Waals surface area contributed by atoms with Gasteiger partial charge < -0.3 is 4.90 Å². The highest BCUT2D eigenvalue weighted by Crippen LogP contribution is 2.46. The molecule has 0 aliphatic rings. The van der Waals surface area contributed by atoms with Crippen LogP contribution >= 0.6 is 11.3 Å². The topological polar surface area (TPSA) is 3.24 Å². The number of fused-ring (bicyclic) bond motifs is 8.